The molecule has 0 aromatic carbocycles. The Morgan fingerprint density at radius 3 is 1.50 bits per heavy atom. The second-order valence-corrected chi connectivity index (χ2v) is 1.40. The van der Waals surface area contributed by atoms with Gasteiger partial charge in [0.15, 0.2) is 5.92 Å². The van der Waals surface area contributed by atoms with Crippen molar-refractivity contribution in [1.29, 1.82) is 0 Å². The fourth-order valence-corrected chi connectivity index (χ4v) is 0.106. The molecule has 0 heterocycles. The van der Waals surface area contributed by atoms with Crippen molar-refractivity contribution in [2.24, 2.45) is 5.92 Å². The van der Waals surface area contributed by atoms with E-state index in [1.165, 1.54) is 0 Å². The first-order chi connectivity index (χ1) is 3.55. The molecule has 0 aliphatic rings. The monoisotopic (exact) mass is 182 g/mol. The van der Waals surface area contributed by atoms with Gasteiger partial charge in [-0.1, -0.05) is 0 Å². The van der Waals surface area contributed by atoms with E-state index in [4.69, 9.17) is 10.2 Å². The molecule has 6 heteroatoms. The van der Waals surface area contributed by atoms with E-state index in [2.05, 4.69) is 0 Å². The van der Waals surface area contributed by atoms with Crippen LogP contribution in [-0.4, -0.2) is 22.2 Å². The summed E-state index contributed by atoms with van der Waals surface area (Å²) >= 11 is 0. The predicted octanol–water partition coefficient (Wildman–Crippen LogP) is -5.98. The zero-order valence-corrected chi connectivity index (χ0v) is 11.4. The standard InChI is InChI=1S/C4H6O4.K.Na.2H/c1-2(3(5)6)4(7)8;;;;/h2H,1H3,(H,5,6)(H,7,8);;;;/q;2*+1;2*-1. The SMILES string of the molecule is CC(C(=O)O)C(=O)O.[H-].[H-].[K+].[Na+]. The molecule has 0 aliphatic heterocycles. The third-order valence-corrected chi connectivity index (χ3v) is 0.741. The van der Waals surface area contributed by atoms with E-state index in [0.29, 0.717) is 0 Å². The summed E-state index contributed by atoms with van der Waals surface area (Å²) in [6, 6.07) is 0. The second-order valence-electron chi connectivity index (χ2n) is 1.40. The molecule has 0 aromatic rings. The summed E-state index contributed by atoms with van der Waals surface area (Å²) in [5, 5.41) is 15.9. The number of carbonyl (C=O) groups is 2. The summed E-state index contributed by atoms with van der Waals surface area (Å²) in [5.41, 5.74) is 0. The van der Waals surface area contributed by atoms with Gasteiger partial charge in [-0.05, 0) is 6.92 Å². The number of carboxylic acid groups (broad SMARTS) is 2. The number of aliphatic carboxylic acids is 2. The van der Waals surface area contributed by atoms with Gasteiger partial charge >= 0.3 is 92.9 Å². The quantitative estimate of drug-likeness (QED) is 0.329. The minimum absolute atomic E-state index is 0. The van der Waals surface area contributed by atoms with E-state index in [-0.39, 0.29) is 83.8 Å². The van der Waals surface area contributed by atoms with Crippen LogP contribution in [0, 0.1) is 5.92 Å². The summed E-state index contributed by atoms with van der Waals surface area (Å²) in [6.45, 7) is 1.12. The topological polar surface area (TPSA) is 74.6 Å². The Balaban J connectivity index is -0.0000000408. The minimum atomic E-state index is -1.31. The molecule has 0 rings (SSSR count). The second kappa shape index (κ2) is 8.67. The van der Waals surface area contributed by atoms with Gasteiger partial charge in [-0.3, -0.25) is 9.59 Å². The third kappa shape index (κ3) is 7.68. The van der Waals surface area contributed by atoms with Crippen molar-refractivity contribution < 1.29 is 104 Å². The van der Waals surface area contributed by atoms with Crippen LogP contribution in [0.3, 0.4) is 0 Å². The van der Waals surface area contributed by atoms with Gasteiger partial charge in [0.1, 0.15) is 0 Å². The Morgan fingerprint density at radius 1 is 1.30 bits per heavy atom. The van der Waals surface area contributed by atoms with Crippen LogP contribution in [0.4, 0.5) is 0 Å². The summed E-state index contributed by atoms with van der Waals surface area (Å²) in [4.78, 5) is 19.5. The number of rotatable bonds is 2. The molecule has 0 unspecified atom stereocenters. The molecule has 0 saturated heterocycles. The molecular weight excluding hydrogens is 174 g/mol. The first-order valence-electron chi connectivity index (χ1n) is 2.01. The van der Waals surface area contributed by atoms with E-state index in [1.54, 1.807) is 0 Å². The summed E-state index contributed by atoms with van der Waals surface area (Å²) in [6.07, 6.45) is 0. The maximum Gasteiger partial charge on any atom is 1.00 e. The molecule has 0 saturated carbocycles. The average molecular weight is 182 g/mol. The number of hydrogen-bond acceptors (Lipinski definition) is 2. The van der Waals surface area contributed by atoms with Crippen molar-refractivity contribution in [3.05, 3.63) is 0 Å². The van der Waals surface area contributed by atoms with Gasteiger partial charge in [0, 0.05) is 0 Å². The fraction of sp³-hybridized carbons (Fsp3) is 0.500. The number of hydrogen-bond donors (Lipinski definition) is 2. The van der Waals surface area contributed by atoms with Crippen LogP contribution in [-0.2, 0) is 9.59 Å². The zero-order chi connectivity index (χ0) is 6.73. The molecule has 0 fully saturated rings. The van der Waals surface area contributed by atoms with Crippen LogP contribution in [0.25, 0.3) is 0 Å². The maximum absolute atomic E-state index is 9.76. The summed E-state index contributed by atoms with van der Waals surface area (Å²) < 4.78 is 0. The Kier molecular flexibility index (Phi) is 15.3. The average Bonchev–Trinajstić information content (AvgIpc) is 1.64. The minimum Gasteiger partial charge on any atom is -1.00 e. The summed E-state index contributed by atoms with van der Waals surface area (Å²) in [7, 11) is 0. The maximum atomic E-state index is 9.76. The van der Waals surface area contributed by atoms with E-state index < -0.39 is 17.9 Å². The van der Waals surface area contributed by atoms with Gasteiger partial charge < -0.3 is 13.1 Å². The fourth-order valence-electron chi connectivity index (χ4n) is 0.106. The Morgan fingerprint density at radius 2 is 1.50 bits per heavy atom. The van der Waals surface area contributed by atoms with E-state index in [1.807, 2.05) is 0 Å². The van der Waals surface area contributed by atoms with E-state index in [9.17, 15) is 9.59 Å². The smallest absolute Gasteiger partial charge is 1.00 e. The van der Waals surface area contributed by atoms with Crippen molar-refractivity contribution in [3.8, 4) is 0 Å². The van der Waals surface area contributed by atoms with Crippen LogP contribution in [0.2, 0.25) is 0 Å². The van der Waals surface area contributed by atoms with E-state index in [0.717, 1.165) is 6.92 Å². The molecule has 50 valence electrons. The molecule has 0 atom stereocenters. The van der Waals surface area contributed by atoms with Crippen molar-refractivity contribution in [1.82, 2.24) is 0 Å². The van der Waals surface area contributed by atoms with Crippen LogP contribution in [0.5, 0.6) is 0 Å². The molecular formula is C4H8KNaO4. The van der Waals surface area contributed by atoms with Crippen LogP contribution < -0.4 is 80.9 Å². The van der Waals surface area contributed by atoms with Crippen molar-refractivity contribution in [2.75, 3.05) is 0 Å². The van der Waals surface area contributed by atoms with Crippen LogP contribution in [0.15, 0.2) is 0 Å². The largest absolute Gasteiger partial charge is 1.00 e. The molecule has 0 aliphatic carbocycles. The first-order valence-corrected chi connectivity index (χ1v) is 2.01. The van der Waals surface area contributed by atoms with Gasteiger partial charge in [-0.2, -0.15) is 0 Å². The summed E-state index contributed by atoms with van der Waals surface area (Å²) in [5.74, 6) is -3.91. The Hall–Kier alpha value is 1.58. The van der Waals surface area contributed by atoms with Crippen molar-refractivity contribution in [3.63, 3.8) is 0 Å². The van der Waals surface area contributed by atoms with Gasteiger partial charge in [0.05, 0.1) is 0 Å². The van der Waals surface area contributed by atoms with Gasteiger partial charge in [0.2, 0.25) is 0 Å². The van der Waals surface area contributed by atoms with Gasteiger partial charge in [-0.15, -0.1) is 0 Å². The van der Waals surface area contributed by atoms with Crippen molar-refractivity contribution >= 4 is 11.9 Å². The third-order valence-electron chi connectivity index (χ3n) is 0.741. The molecule has 0 spiro atoms. The Bertz CT molecular complexity index is 120. The molecule has 4 nitrogen and oxygen atoms in total. The van der Waals surface area contributed by atoms with Gasteiger partial charge in [-0.25, -0.2) is 0 Å². The zero-order valence-electron chi connectivity index (χ0n) is 8.29. The molecule has 0 bridgehead atoms. The van der Waals surface area contributed by atoms with Crippen LogP contribution >= 0.6 is 0 Å². The van der Waals surface area contributed by atoms with Crippen molar-refractivity contribution in [2.45, 2.75) is 6.92 Å². The van der Waals surface area contributed by atoms with E-state index >= 15 is 0 Å². The van der Waals surface area contributed by atoms with Gasteiger partial charge in [0.25, 0.3) is 0 Å². The molecule has 10 heavy (non-hydrogen) atoms. The predicted molar refractivity (Wildman–Crippen MR) is 26.7 cm³/mol. The first kappa shape index (κ1) is 17.6. The molecule has 2 N–H and O–H groups in total. The Labute approximate surface area is 126 Å². The molecule has 0 aromatic heterocycles. The number of carboxylic acids is 2. The molecule has 0 radical (unpaired) electrons. The van der Waals surface area contributed by atoms with Crippen LogP contribution in [0.1, 0.15) is 9.78 Å². The normalized spacial score (nSPS) is 7.40. The molecule has 0 amide bonds.